The van der Waals surface area contributed by atoms with E-state index < -0.39 is 0 Å². The molecule has 0 fully saturated rings. The number of hydrogen-bond acceptors (Lipinski definition) is 4. The molecule has 0 radical (unpaired) electrons. The summed E-state index contributed by atoms with van der Waals surface area (Å²) in [7, 11) is 1.51. The number of benzene rings is 2. The number of phenolic OH excluding ortho intramolecular Hbond substituents is 1. The van der Waals surface area contributed by atoms with Gasteiger partial charge in [-0.25, -0.2) is 0 Å². The molecule has 2 aromatic carbocycles. The van der Waals surface area contributed by atoms with Crippen molar-refractivity contribution in [3.63, 3.8) is 0 Å². The second-order valence-electron chi connectivity index (χ2n) is 3.81. The van der Waals surface area contributed by atoms with Crippen molar-refractivity contribution in [1.82, 2.24) is 0 Å². The molecule has 0 aliphatic heterocycles. The van der Waals surface area contributed by atoms with Gasteiger partial charge in [0, 0.05) is 4.47 Å². The van der Waals surface area contributed by atoms with Gasteiger partial charge in [0.2, 0.25) is 0 Å². The van der Waals surface area contributed by atoms with Crippen LogP contribution in [0.3, 0.4) is 0 Å². The van der Waals surface area contributed by atoms with E-state index in [0.717, 1.165) is 15.7 Å². The summed E-state index contributed by atoms with van der Waals surface area (Å²) in [4.78, 5) is 0. The average molecular weight is 321 g/mol. The Balaban J connectivity index is 2.07. The van der Waals surface area contributed by atoms with Crippen molar-refractivity contribution < 1.29 is 9.84 Å². The van der Waals surface area contributed by atoms with E-state index in [1.54, 1.807) is 24.4 Å². The van der Waals surface area contributed by atoms with Crippen LogP contribution in [0.15, 0.2) is 52.0 Å². The van der Waals surface area contributed by atoms with Crippen LogP contribution >= 0.6 is 15.9 Å². The Morgan fingerprint density at radius 3 is 2.84 bits per heavy atom. The van der Waals surface area contributed by atoms with Crippen molar-refractivity contribution in [3.8, 4) is 11.5 Å². The minimum atomic E-state index is 0.111. The van der Waals surface area contributed by atoms with Gasteiger partial charge in [-0.05, 0) is 42.0 Å². The highest BCUT2D eigenvalue weighted by Crippen LogP contribution is 2.25. The van der Waals surface area contributed by atoms with Gasteiger partial charge in [-0.1, -0.05) is 22.0 Å². The average Bonchev–Trinajstić information content (AvgIpc) is 2.41. The van der Waals surface area contributed by atoms with Crippen LogP contribution in [0.25, 0.3) is 0 Å². The van der Waals surface area contributed by atoms with Crippen molar-refractivity contribution in [2.75, 3.05) is 12.5 Å². The highest BCUT2D eigenvalue weighted by atomic mass is 79.9. The van der Waals surface area contributed by atoms with E-state index in [1.165, 1.54) is 7.11 Å². The number of nitrogens with zero attached hydrogens (tertiary/aromatic N) is 1. The number of phenols is 1. The maximum Gasteiger partial charge on any atom is 0.161 e. The Morgan fingerprint density at radius 2 is 2.11 bits per heavy atom. The number of methoxy groups -OCH3 is 1. The lowest BCUT2D eigenvalue weighted by Gasteiger charge is -2.04. The molecule has 0 heterocycles. The first-order valence-electron chi connectivity index (χ1n) is 5.60. The topological polar surface area (TPSA) is 53.8 Å². The summed E-state index contributed by atoms with van der Waals surface area (Å²) in [6.45, 7) is 0. The summed E-state index contributed by atoms with van der Waals surface area (Å²) in [5.41, 5.74) is 4.64. The van der Waals surface area contributed by atoms with Gasteiger partial charge < -0.3 is 9.84 Å². The summed E-state index contributed by atoms with van der Waals surface area (Å²) in [5, 5.41) is 13.6. The Bertz CT molecular complexity index is 600. The highest BCUT2D eigenvalue weighted by molar-refractivity contribution is 9.10. The highest BCUT2D eigenvalue weighted by Gasteiger charge is 2.00. The Morgan fingerprint density at radius 1 is 1.26 bits per heavy atom. The molecular formula is C14H13BrN2O2. The first kappa shape index (κ1) is 13.4. The predicted molar refractivity (Wildman–Crippen MR) is 80.0 cm³/mol. The molecule has 2 rings (SSSR count). The second kappa shape index (κ2) is 6.24. The maximum atomic E-state index is 9.48. The van der Waals surface area contributed by atoms with Crippen LogP contribution in [0, 0.1) is 0 Å². The third kappa shape index (κ3) is 3.72. The molecule has 0 saturated heterocycles. The van der Waals surface area contributed by atoms with E-state index in [0.29, 0.717) is 5.75 Å². The van der Waals surface area contributed by atoms with Crippen molar-refractivity contribution in [3.05, 3.63) is 52.5 Å². The van der Waals surface area contributed by atoms with E-state index in [2.05, 4.69) is 26.5 Å². The zero-order valence-corrected chi connectivity index (χ0v) is 11.9. The molecule has 0 spiro atoms. The Hall–Kier alpha value is -2.01. The van der Waals surface area contributed by atoms with Crippen molar-refractivity contribution in [2.24, 2.45) is 5.10 Å². The third-order valence-electron chi connectivity index (χ3n) is 2.44. The van der Waals surface area contributed by atoms with Gasteiger partial charge in [0.15, 0.2) is 11.5 Å². The first-order valence-corrected chi connectivity index (χ1v) is 6.40. The van der Waals surface area contributed by atoms with Crippen LogP contribution in [0.1, 0.15) is 5.56 Å². The molecule has 0 aromatic heterocycles. The van der Waals surface area contributed by atoms with Crippen LogP contribution in [-0.2, 0) is 0 Å². The molecule has 0 unspecified atom stereocenters. The fraction of sp³-hybridized carbons (Fsp3) is 0.0714. The number of anilines is 1. The summed E-state index contributed by atoms with van der Waals surface area (Å²) >= 11 is 3.39. The molecule has 0 aliphatic rings. The molecule has 2 aromatic rings. The fourth-order valence-electron chi connectivity index (χ4n) is 1.51. The lowest BCUT2D eigenvalue weighted by Crippen LogP contribution is -1.91. The van der Waals surface area contributed by atoms with Crippen LogP contribution in [0.5, 0.6) is 11.5 Å². The standard InChI is InChI=1S/C14H13BrN2O2/c1-19-14-7-10(5-6-13(14)18)9-16-17-12-4-2-3-11(15)8-12/h2-9,17-18H,1H3/b16-9+. The number of nitrogens with one attached hydrogen (secondary N) is 1. The number of hydrogen-bond donors (Lipinski definition) is 2. The van der Waals surface area contributed by atoms with E-state index in [-0.39, 0.29) is 5.75 Å². The van der Waals surface area contributed by atoms with E-state index in [1.807, 2.05) is 24.3 Å². The normalized spacial score (nSPS) is 10.6. The molecule has 19 heavy (non-hydrogen) atoms. The lowest BCUT2D eigenvalue weighted by molar-refractivity contribution is 0.373. The molecule has 0 aliphatic carbocycles. The number of aromatic hydroxyl groups is 1. The monoisotopic (exact) mass is 320 g/mol. The number of ether oxygens (including phenoxy) is 1. The van der Waals surface area contributed by atoms with E-state index in [4.69, 9.17) is 4.74 Å². The minimum absolute atomic E-state index is 0.111. The summed E-state index contributed by atoms with van der Waals surface area (Å²) in [6.07, 6.45) is 1.66. The second-order valence-corrected chi connectivity index (χ2v) is 4.73. The minimum Gasteiger partial charge on any atom is -0.504 e. The van der Waals surface area contributed by atoms with Gasteiger partial charge in [0.1, 0.15) is 0 Å². The van der Waals surface area contributed by atoms with Crippen LogP contribution in [-0.4, -0.2) is 18.4 Å². The van der Waals surface area contributed by atoms with Crippen LogP contribution in [0.4, 0.5) is 5.69 Å². The van der Waals surface area contributed by atoms with Crippen LogP contribution in [0.2, 0.25) is 0 Å². The van der Waals surface area contributed by atoms with Crippen molar-refractivity contribution >= 4 is 27.8 Å². The third-order valence-corrected chi connectivity index (χ3v) is 2.93. The van der Waals surface area contributed by atoms with Crippen molar-refractivity contribution in [2.45, 2.75) is 0 Å². The fourth-order valence-corrected chi connectivity index (χ4v) is 1.91. The molecule has 0 saturated carbocycles. The van der Waals surface area contributed by atoms with Gasteiger partial charge >= 0.3 is 0 Å². The lowest BCUT2D eigenvalue weighted by atomic mass is 10.2. The number of rotatable bonds is 4. The van der Waals surface area contributed by atoms with Gasteiger partial charge in [0.25, 0.3) is 0 Å². The molecule has 5 heteroatoms. The van der Waals surface area contributed by atoms with Gasteiger partial charge in [0.05, 0.1) is 19.0 Å². The largest absolute Gasteiger partial charge is 0.504 e. The molecule has 0 bridgehead atoms. The number of hydrazone groups is 1. The maximum absolute atomic E-state index is 9.48. The smallest absolute Gasteiger partial charge is 0.161 e. The van der Waals surface area contributed by atoms with E-state index >= 15 is 0 Å². The Kier molecular flexibility index (Phi) is 4.41. The van der Waals surface area contributed by atoms with Gasteiger partial charge in [-0.2, -0.15) is 5.10 Å². The quantitative estimate of drug-likeness (QED) is 0.668. The summed E-state index contributed by atoms with van der Waals surface area (Å²) in [5.74, 6) is 0.533. The molecule has 4 nitrogen and oxygen atoms in total. The van der Waals surface area contributed by atoms with E-state index in [9.17, 15) is 5.11 Å². The molecular weight excluding hydrogens is 308 g/mol. The molecule has 98 valence electrons. The SMILES string of the molecule is COc1cc(/C=N/Nc2cccc(Br)c2)ccc1O. The first-order chi connectivity index (χ1) is 9.19. The summed E-state index contributed by atoms with van der Waals surface area (Å²) < 4.78 is 6.01. The zero-order chi connectivity index (χ0) is 13.7. The summed E-state index contributed by atoms with van der Waals surface area (Å²) in [6, 6.07) is 12.7. The Labute approximate surface area is 119 Å². The molecule has 0 atom stereocenters. The predicted octanol–water partition coefficient (Wildman–Crippen LogP) is 3.61. The van der Waals surface area contributed by atoms with Gasteiger partial charge in [-0.3, -0.25) is 5.43 Å². The number of halogens is 1. The van der Waals surface area contributed by atoms with Gasteiger partial charge in [-0.15, -0.1) is 0 Å². The molecule has 2 N–H and O–H groups in total. The van der Waals surface area contributed by atoms with Crippen molar-refractivity contribution in [1.29, 1.82) is 0 Å². The molecule has 0 amide bonds. The van der Waals surface area contributed by atoms with Crippen LogP contribution < -0.4 is 10.2 Å². The zero-order valence-electron chi connectivity index (χ0n) is 10.3.